The number of hydrogen-bond donors (Lipinski definition) is 2. The molecule has 0 fully saturated rings. The molecule has 0 saturated carbocycles. The highest BCUT2D eigenvalue weighted by Gasteiger charge is 2.11. The lowest BCUT2D eigenvalue weighted by atomic mass is 10.0. The molecule has 156 valence electrons. The monoisotopic (exact) mass is 419 g/mol. The van der Waals surface area contributed by atoms with E-state index in [4.69, 9.17) is 10.7 Å². The molecule has 3 N–H and O–H groups in total. The van der Waals surface area contributed by atoms with Gasteiger partial charge in [-0.05, 0) is 35.4 Å². The van der Waals surface area contributed by atoms with Gasteiger partial charge in [0.05, 0.1) is 16.6 Å². The second-order valence-electron chi connectivity index (χ2n) is 7.63. The zero-order chi connectivity index (χ0) is 21.9. The van der Waals surface area contributed by atoms with Crippen LogP contribution in [0.3, 0.4) is 0 Å². The number of para-hydroxylation sites is 2. The Hall–Kier alpha value is -4.32. The maximum atomic E-state index is 11.7. The number of carbonyl (C=O) groups excluding carboxylic acids is 1. The maximum Gasteiger partial charge on any atom is 0.250 e. The van der Waals surface area contributed by atoms with Gasteiger partial charge in [0.2, 0.25) is 0 Å². The van der Waals surface area contributed by atoms with Crippen LogP contribution in [0, 0.1) is 0 Å². The third-order valence-electron chi connectivity index (χ3n) is 5.42. The van der Waals surface area contributed by atoms with Crippen molar-refractivity contribution in [3.8, 4) is 0 Å². The highest BCUT2D eigenvalue weighted by atomic mass is 16.1. The summed E-state index contributed by atoms with van der Waals surface area (Å²) in [4.78, 5) is 25.1. The Balaban J connectivity index is 1.35. The molecule has 1 amide bonds. The Morgan fingerprint density at radius 2 is 1.72 bits per heavy atom. The summed E-state index contributed by atoms with van der Waals surface area (Å²) in [5.41, 5.74) is 10.8. The van der Waals surface area contributed by atoms with Crippen molar-refractivity contribution in [1.82, 2.24) is 15.0 Å². The van der Waals surface area contributed by atoms with Gasteiger partial charge < -0.3 is 11.1 Å². The topological polar surface area (TPSA) is 93.8 Å². The second kappa shape index (κ2) is 8.43. The van der Waals surface area contributed by atoms with Crippen LogP contribution < -0.4 is 11.1 Å². The van der Waals surface area contributed by atoms with Crippen molar-refractivity contribution in [3.63, 3.8) is 0 Å². The quantitative estimate of drug-likeness (QED) is 0.423. The average Bonchev–Trinajstić information content (AvgIpc) is 2.82. The molecule has 3 aromatic carbocycles. The molecule has 2 heterocycles. The SMILES string of the molecule is NC(=O)c1cccc2c(NCc3cccc(Cc4ccc5ccccc5n4)c3)ncnc12. The highest BCUT2D eigenvalue weighted by Crippen LogP contribution is 2.23. The van der Waals surface area contributed by atoms with Crippen molar-refractivity contribution in [1.29, 1.82) is 0 Å². The average molecular weight is 419 g/mol. The lowest BCUT2D eigenvalue weighted by Gasteiger charge is -2.11. The van der Waals surface area contributed by atoms with Gasteiger partial charge in [0, 0.05) is 29.4 Å². The number of fused-ring (bicyclic) bond motifs is 2. The van der Waals surface area contributed by atoms with E-state index in [0.717, 1.165) is 34.0 Å². The van der Waals surface area contributed by atoms with E-state index < -0.39 is 5.91 Å². The van der Waals surface area contributed by atoms with Gasteiger partial charge in [-0.25, -0.2) is 9.97 Å². The van der Waals surface area contributed by atoms with Gasteiger partial charge in [-0.3, -0.25) is 9.78 Å². The molecule has 0 aliphatic rings. The Kier molecular flexibility index (Phi) is 5.17. The fourth-order valence-corrected chi connectivity index (χ4v) is 3.88. The number of rotatable bonds is 6. The summed E-state index contributed by atoms with van der Waals surface area (Å²) in [6.07, 6.45) is 2.20. The van der Waals surface area contributed by atoms with E-state index in [1.54, 1.807) is 12.1 Å². The fourth-order valence-electron chi connectivity index (χ4n) is 3.88. The zero-order valence-electron chi connectivity index (χ0n) is 17.3. The summed E-state index contributed by atoms with van der Waals surface area (Å²) < 4.78 is 0. The lowest BCUT2D eigenvalue weighted by Crippen LogP contribution is -2.12. The standard InChI is InChI=1S/C26H21N5O/c27-25(32)21-8-4-9-22-24(21)29-16-30-26(22)28-15-18-6-3-5-17(13-18)14-20-12-11-19-7-1-2-10-23(19)31-20/h1-13,16H,14-15H2,(H2,27,32)(H,28,29,30). The predicted octanol–water partition coefficient (Wildman–Crippen LogP) is 4.48. The summed E-state index contributed by atoms with van der Waals surface area (Å²) >= 11 is 0. The van der Waals surface area contributed by atoms with Crippen LogP contribution in [-0.2, 0) is 13.0 Å². The normalized spacial score (nSPS) is 11.0. The van der Waals surface area contributed by atoms with Crippen LogP contribution in [-0.4, -0.2) is 20.9 Å². The van der Waals surface area contributed by atoms with E-state index >= 15 is 0 Å². The first-order valence-corrected chi connectivity index (χ1v) is 10.4. The molecule has 2 aromatic heterocycles. The molecule has 0 aliphatic heterocycles. The minimum Gasteiger partial charge on any atom is -0.366 e. The van der Waals surface area contributed by atoms with Crippen molar-refractivity contribution in [2.75, 3.05) is 5.32 Å². The van der Waals surface area contributed by atoms with Crippen molar-refractivity contribution >= 4 is 33.5 Å². The Bertz CT molecular complexity index is 1450. The summed E-state index contributed by atoms with van der Waals surface area (Å²) in [6, 6.07) is 26.1. The maximum absolute atomic E-state index is 11.7. The molecular weight excluding hydrogens is 398 g/mol. The second-order valence-corrected chi connectivity index (χ2v) is 7.63. The number of primary amides is 1. The Morgan fingerprint density at radius 1 is 0.875 bits per heavy atom. The number of amides is 1. The highest BCUT2D eigenvalue weighted by molar-refractivity contribution is 6.06. The molecule has 6 heteroatoms. The molecule has 0 radical (unpaired) electrons. The molecule has 6 nitrogen and oxygen atoms in total. The van der Waals surface area contributed by atoms with Gasteiger partial charge in [0.25, 0.3) is 5.91 Å². The number of nitrogens with two attached hydrogens (primary N) is 1. The van der Waals surface area contributed by atoms with Crippen LogP contribution in [0.5, 0.6) is 0 Å². The van der Waals surface area contributed by atoms with Crippen LogP contribution in [0.15, 0.2) is 85.2 Å². The first-order chi connectivity index (χ1) is 15.7. The van der Waals surface area contributed by atoms with Gasteiger partial charge in [-0.15, -0.1) is 0 Å². The van der Waals surface area contributed by atoms with E-state index in [9.17, 15) is 4.79 Å². The number of nitrogens with zero attached hydrogens (tertiary/aromatic N) is 3. The van der Waals surface area contributed by atoms with Gasteiger partial charge in [-0.1, -0.05) is 54.6 Å². The summed E-state index contributed by atoms with van der Waals surface area (Å²) in [7, 11) is 0. The lowest BCUT2D eigenvalue weighted by molar-refractivity contribution is 0.100. The number of anilines is 1. The summed E-state index contributed by atoms with van der Waals surface area (Å²) in [6.45, 7) is 0.589. The molecule has 0 atom stereocenters. The van der Waals surface area contributed by atoms with Gasteiger partial charge >= 0.3 is 0 Å². The van der Waals surface area contributed by atoms with Crippen LogP contribution in [0.1, 0.15) is 27.2 Å². The van der Waals surface area contributed by atoms with Crippen molar-refractivity contribution in [2.24, 2.45) is 5.73 Å². The molecular formula is C26H21N5O. The smallest absolute Gasteiger partial charge is 0.250 e. The molecule has 5 aromatic rings. The van der Waals surface area contributed by atoms with E-state index in [1.165, 1.54) is 11.9 Å². The number of carbonyl (C=O) groups is 1. The fraction of sp³-hybridized carbons (Fsp3) is 0.0769. The predicted molar refractivity (Wildman–Crippen MR) is 126 cm³/mol. The molecule has 5 rings (SSSR count). The van der Waals surface area contributed by atoms with Crippen molar-refractivity contribution in [3.05, 3.63) is 108 Å². The molecule has 0 aliphatic carbocycles. The Morgan fingerprint density at radius 3 is 2.62 bits per heavy atom. The number of nitrogens with one attached hydrogen (secondary N) is 1. The van der Waals surface area contributed by atoms with E-state index in [2.05, 4.69) is 57.7 Å². The number of benzene rings is 3. The Labute approximate surface area is 185 Å². The van der Waals surface area contributed by atoms with E-state index in [0.29, 0.717) is 23.4 Å². The molecule has 0 bridgehead atoms. The van der Waals surface area contributed by atoms with Crippen LogP contribution in [0.4, 0.5) is 5.82 Å². The number of pyridine rings is 1. The van der Waals surface area contributed by atoms with Crippen molar-refractivity contribution in [2.45, 2.75) is 13.0 Å². The van der Waals surface area contributed by atoms with Crippen LogP contribution >= 0.6 is 0 Å². The third-order valence-corrected chi connectivity index (χ3v) is 5.42. The van der Waals surface area contributed by atoms with Crippen molar-refractivity contribution < 1.29 is 4.79 Å². The van der Waals surface area contributed by atoms with Crippen LogP contribution in [0.25, 0.3) is 21.8 Å². The molecule has 32 heavy (non-hydrogen) atoms. The van der Waals surface area contributed by atoms with Gasteiger partial charge in [-0.2, -0.15) is 0 Å². The molecule has 0 unspecified atom stereocenters. The summed E-state index contributed by atoms with van der Waals surface area (Å²) in [5.74, 6) is 0.162. The van der Waals surface area contributed by atoms with Gasteiger partial charge in [0.15, 0.2) is 0 Å². The number of aromatic nitrogens is 3. The first-order valence-electron chi connectivity index (χ1n) is 10.4. The molecule has 0 saturated heterocycles. The van der Waals surface area contributed by atoms with Gasteiger partial charge in [0.1, 0.15) is 12.1 Å². The minimum absolute atomic E-state index is 0.387. The summed E-state index contributed by atoms with van der Waals surface area (Å²) in [5, 5.41) is 5.27. The minimum atomic E-state index is -0.504. The molecule has 0 spiro atoms. The van der Waals surface area contributed by atoms with Crippen LogP contribution in [0.2, 0.25) is 0 Å². The van der Waals surface area contributed by atoms with E-state index in [1.807, 2.05) is 24.3 Å². The van der Waals surface area contributed by atoms with E-state index in [-0.39, 0.29) is 0 Å². The zero-order valence-corrected chi connectivity index (χ0v) is 17.3. The largest absolute Gasteiger partial charge is 0.366 e. The number of hydrogen-bond acceptors (Lipinski definition) is 5. The third kappa shape index (κ3) is 3.98. The first kappa shape index (κ1) is 19.6.